The highest BCUT2D eigenvalue weighted by Gasteiger charge is 2.09. The second kappa shape index (κ2) is 7.74. The van der Waals surface area contributed by atoms with E-state index < -0.39 is 0 Å². The number of ether oxygens (including phenoxy) is 1. The molecule has 1 amide bonds. The van der Waals surface area contributed by atoms with Crippen LogP contribution in [0.4, 0.5) is 0 Å². The summed E-state index contributed by atoms with van der Waals surface area (Å²) in [6, 6.07) is 13.0. The summed E-state index contributed by atoms with van der Waals surface area (Å²) in [5.41, 5.74) is 3.38. The molecule has 142 valence electrons. The van der Waals surface area contributed by atoms with Gasteiger partial charge in [-0.15, -0.1) is 0 Å². The zero-order valence-electron chi connectivity index (χ0n) is 15.1. The first-order valence-corrected chi connectivity index (χ1v) is 9.07. The first-order valence-electron chi connectivity index (χ1n) is 8.69. The van der Waals surface area contributed by atoms with Gasteiger partial charge in [0.2, 0.25) is 5.91 Å². The van der Waals surface area contributed by atoms with Crippen molar-refractivity contribution in [2.75, 3.05) is 7.11 Å². The van der Waals surface area contributed by atoms with Crippen LogP contribution < -0.4 is 10.1 Å². The van der Waals surface area contributed by atoms with Crippen molar-refractivity contribution in [2.24, 2.45) is 0 Å². The van der Waals surface area contributed by atoms with E-state index in [0.29, 0.717) is 17.4 Å². The molecule has 8 heteroatoms. The maximum atomic E-state index is 12.2. The van der Waals surface area contributed by atoms with Crippen molar-refractivity contribution in [1.82, 2.24) is 25.1 Å². The van der Waals surface area contributed by atoms with Crippen LogP contribution in [0.15, 0.2) is 54.9 Å². The van der Waals surface area contributed by atoms with Crippen molar-refractivity contribution in [3.05, 3.63) is 71.3 Å². The zero-order chi connectivity index (χ0) is 19.5. The van der Waals surface area contributed by atoms with Crippen LogP contribution in [-0.2, 0) is 17.8 Å². The first kappa shape index (κ1) is 18.1. The maximum Gasteiger partial charge on any atom is 0.227 e. The molecule has 4 rings (SSSR count). The summed E-state index contributed by atoms with van der Waals surface area (Å²) in [5.74, 6) is 1.23. The lowest BCUT2D eigenvalue weighted by molar-refractivity contribution is -0.120. The van der Waals surface area contributed by atoms with E-state index in [1.165, 1.54) is 0 Å². The Balaban J connectivity index is 1.37. The van der Waals surface area contributed by atoms with E-state index in [1.807, 2.05) is 36.5 Å². The van der Waals surface area contributed by atoms with Gasteiger partial charge in [0, 0.05) is 29.4 Å². The summed E-state index contributed by atoms with van der Waals surface area (Å²) in [6.07, 6.45) is 3.76. The monoisotopic (exact) mass is 395 g/mol. The average Bonchev–Trinajstić information content (AvgIpc) is 3.32. The highest BCUT2D eigenvalue weighted by atomic mass is 35.5. The Kier molecular flexibility index (Phi) is 4.99. The smallest absolute Gasteiger partial charge is 0.227 e. The number of methoxy groups -OCH3 is 1. The number of carbonyl (C=O) groups is 1. The van der Waals surface area contributed by atoms with Crippen molar-refractivity contribution < 1.29 is 9.53 Å². The molecule has 0 saturated heterocycles. The quantitative estimate of drug-likeness (QED) is 0.524. The van der Waals surface area contributed by atoms with Crippen LogP contribution >= 0.6 is 11.6 Å². The Morgan fingerprint density at radius 1 is 1.29 bits per heavy atom. The second-order valence-corrected chi connectivity index (χ2v) is 6.73. The molecule has 2 aromatic carbocycles. The number of aromatic nitrogens is 4. The molecule has 7 nitrogen and oxygen atoms in total. The van der Waals surface area contributed by atoms with Gasteiger partial charge in [0.25, 0.3) is 0 Å². The number of nitrogens with one attached hydrogen (secondary N) is 2. The molecule has 4 aromatic rings. The summed E-state index contributed by atoms with van der Waals surface area (Å²) >= 11 is 5.97. The minimum absolute atomic E-state index is 0.126. The fourth-order valence-corrected chi connectivity index (χ4v) is 3.05. The Morgan fingerprint density at radius 2 is 2.18 bits per heavy atom. The van der Waals surface area contributed by atoms with Gasteiger partial charge in [0.05, 0.1) is 36.4 Å². The number of fused-ring (bicyclic) bond motifs is 1. The molecule has 0 aliphatic heterocycles. The predicted molar refractivity (Wildman–Crippen MR) is 107 cm³/mol. The number of carbonyl (C=O) groups excluding carboxylic acids is 1. The Morgan fingerprint density at radius 3 is 3.04 bits per heavy atom. The molecule has 0 aliphatic carbocycles. The largest absolute Gasteiger partial charge is 0.497 e. The predicted octanol–water partition coefficient (Wildman–Crippen LogP) is 3.27. The highest BCUT2D eigenvalue weighted by molar-refractivity contribution is 6.31. The minimum Gasteiger partial charge on any atom is -0.497 e. The van der Waals surface area contributed by atoms with E-state index in [4.69, 9.17) is 16.3 Å². The third-order valence-electron chi connectivity index (χ3n) is 4.26. The topological polar surface area (TPSA) is 84.8 Å². The molecular weight excluding hydrogens is 378 g/mol. The van der Waals surface area contributed by atoms with E-state index in [1.54, 1.807) is 30.1 Å². The van der Waals surface area contributed by atoms with Gasteiger partial charge >= 0.3 is 0 Å². The molecule has 0 radical (unpaired) electrons. The highest BCUT2D eigenvalue weighted by Crippen LogP contribution is 2.18. The number of imidazole rings is 1. The number of halogens is 1. The van der Waals surface area contributed by atoms with Gasteiger partial charge in [-0.3, -0.25) is 4.79 Å². The molecule has 0 atom stereocenters. The van der Waals surface area contributed by atoms with Gasteiger partial charge in [-0.25, -0.2) is 9.67 Å². The lowest BCUT2D eigenvalue weighted by atomic mass is 10.3. The van der Waals surface area contributed by atoms with Crippen molar-refractivity contribution in [2.45, 2.75) is 13.0 Å². The van der Waals surface area contributed by atoms with Crippen LogP contribution in [0.3, 0.4) is 0 Å². The fraction of sp³-hybridized carbons (Fsp3) is 0.150. The average molecular weight is 396 g/mol. The van der Waals surface area contributed by atoms with E-state index >= 15 is 0 Å². The zero-order valence-corrected chi connectivity index (χ0v) is 15.9. The van der Waals surface area contributed by atoms with Crippen molar-refractivity contribution in [1.29, 1.82) is 0 Å². The molecule has 0 bridgehead atoms. The Labute approximate surface area is 166 Å². The van der Waals surface area contributed by atoms with Crippen LogP contribution in [0.1, 0.15) is 11.4 Å². The number of benzene rings is 2. The van der Waals surface area contributed by atoms with Gasteiger partial charge in [-0.05, 0) is 30.3 Å². The van der Waals surface area contributed by atoms with Gasteiger partial charge in [-0.1, -0.05) is 17.7 Å². The number of rotatable bonds is 6. The maximum absolute atomic E-state index is 12.2. The Hall–Kier alpha value is -3.32. The van der Waals surface area contributed by atoms with E-state index in [0.717, 1.165) is 28.0 Å². The van der Waals surface area contributed by atoms with Crippen molar-refractivity contribution in [3.63, 3.8) is 0 Å². The lowest BCUT2D eigenvalue weighted by Crippen LogP contribution is -2.24. The molecule has 0 unspecified atom stereocenters. The number of amides is 1. The SMILES string of the molecule is COc1cccc(-n2cc(CNC(=O)Cc3nc4ccc(Cl)cc4[nH]3)cn2)c1. The van der Waals surface area contributed by atoms with E-state index in [-0.39, 0.29) is 12.3 Å². The molecule has 2 N–H and O–H groups in total. The van der Waals surface area contributed by atoms with Gasteiger partial charge in [0.15, 0.2) is 0 Å². The standard InChI is InChI=1S/C20H18ClN5O2/c1-28-16-4-2-3-15(8-16)26-12-13(11-23-26)10-22-20(27)9-19-24-17-6-5-14(21)7-18(17)25-19/h2-8,11-12H,9-10H2,1H3,(H,22,27)(H,24,25). The van der Waals surface area contributed by atoms with Crippen LogP contribution in [0.5, 0.6) is 5.75 Å². The molecule has 0 aliphatic rings. The second-order valence-electron chi connectivity index (χ2n) is 6.29. The molecule has 0 saturated carbocycles. The fourth-order valence-electron chi connectivity index (χ4n) is 2.88. The van der Waals surface area contributed by atoms with Crippen LogP contribution in [0, 0.1) is 0 Å². The summed E-state index contributed by atoms with van der Waals surface area (Å²) in [6.45, 7) is 0.384. The van der Waals surface area contributed by atoms with Crippen molar-refractivity contribution in [3.8, 4) is 11.4 Å². The normalized spacial score (nSPS) is 10.9. The van der Waals surface area contributed by atoms with Crippen LogP contribution in [0.2, 0.25) is 5.02 Å². The Bertz CT molecular complexity index is 1130. The number of aromatic amines is 1. The third-order valence-corrected chi connectivity index (χ3v) is 4.50. The van der Waals surface area contributed by atoms with E-state index in [9.17, 15) is 4.79 Å². The minimum atomic E-state index is -0.126. The van der Waals surface area contributed by atoms with Gasteiger partial charge < -0.3 is 15.0 Å². The van der Waals surface area contributed by atoms with Gasteiger partial charge in [0.1, 0.15) is 11.6 Å². The number of hydrogen-bond acceptors (Lipinski definition) is 4. The molecule has 28 heavy (non-hydrogen) atoms. The van der Waals surface area contributed by atoms with Gasteiger partial charge in [-0.2, -0.15) is 5.10 Å². The molecule has 2 aromatic heterocycles. The first-order chi connectivity index (χ1) is 13.6. The molecule has 0 spiro atoms. The molecule has 2 heterocycles. The number of hydrogen-bond donors (Lipinski definition) is 2. The van der Waals surface area contributed by atoms with Crippen molar-refractivity contribution >= 4 is 28.5 Å². The van der Waals surface area contributed by atoms with E-state index in [2.05, 4.69) is 20.4 Å². The van der Waals surface area contributed by atoms with Crippen LogP contribution in [0.25, 0.3) is 16.7 Å². The summed E-state index contributed by atoms with van der Waals surface area (Å²) in [4.78, 5) is 19.8. The summed E-state index contributed by atoms with van der Waals surface area (Å²) < 4.78 is 6.98. The summed E-state index contributed by atoms with van der Waals surface area (Å²) in [7, 11) is 1.62. The molecular formula is C20H18ClN5O2. The van der Waals surface area contributed by atoms with Crippen LogP contribution in [-0.4, -0.2) is 32.8 Å². The third kappa shape index (κ3) is 3.99. The number of H-pyrrole nitrogens is 1. The summed E-state index contributed by atoms with van der Waals surface area (Å²) in [5, 5.41) is 7.85. The lowest BCUT2D eigenvalue weighted by Gasteiger charge is -2.04. The number of nitrogens with zero attached hydrogens (tertiary/aromatic N) is 3. The molecule has 0 fully saturated rings.